The Morgan fingerprint density at radius 1 is 1.35 bits per heavy atom. The van der Waals surface area contributed by atoms with Crippen molar-refractivity contribution in [3.05, 3.63) is 35.4 Å². The minimum absolute atomic E-state index is 0.570. The second-order valence-corrected chi connectivity index (χ2v) is 5.27. The lowest BCUT2D eigenvalue weighted by Crippen LogP contribution is -2.54. The van der Waals surface area contributed by atoms with E-state index in [1.165, 1.54) is 32.4 Å². The molecule has 0 radical (unpaired) electrons. The molecule has 92 valence electrons. The van der Waals surface area contributed by atoms with E-state index in [-0.39, 0.29) is 0 Å². The molecule has 0 bridgehead atoms. The Balaban J connectivity index is 1.88. The van der Waals surface area contributed by atoms with Gasteiger partial charge in [-0.15, -0.1) is 0 Å². The van der Waals surface area contributed by atoms with Crippen molar-refractivity contribution in [1.29, 1.82) is 0 Å². The molecule has 0 saturated carbocycles. The molecule has 1 N–H and O–H groups in total. The lowest BCUT2D eigenvalue weighted by atomic mass is 9.82. The first-order chi connectivity index (χ1) is 8.40. The maximum absolute atomic E-state index is 3.72. The fourth-order valence-electron chi connectivity index (χ4n) is 3.48. The number of nitrogens with zero attached hydrogens (tertiary/aromatic N) is 1. The van der Waals surface area contributed by atoms with E-state index < -0.39 is 0 Å². The highest BCUT2D eigenvalue weighted by Crippen LogP contribution is 2.34. The minimum Gasteiger partial charge on any atom is -0.307 e. The third kappa shape index (κ3) is 2.00. The van der Waals surface area contributed by atoms with Crippen LogP contribution < -0.4 is 5.32 Å². The maximum Gasteiger partial charge on any atom is 0.0481 e. The van der Waals surface area contributed by atoms with E-state index in [1.54, 1.807) is 11.1 Å². The van der Waals surface area contributed by atoms with Crippen LogP contribution in [0.1, 0.15) is 36.9 Å². The third-order valence-electron chi connectivity index (χ3n) is 4.23. The molecule has 3 rings (SSSR count). The number of piperazine rings is 1. The van der Waals surface area contributed by atoms with Crippen molar-refractivity contribution in [2.45, 2.75) is 38.3 Å². The summed E-state index contributed by atoms with van der Waals surface area (Å²) in [5.41, 5.74) is 3.10. The van der Waals surface area contributed by atoms with Crippen molar-refractivity contribution in [3.63, 3.8) is 0 Å². The number of fused-ring (bicyclic) bond motifs is 3. The number of nitrogens with one attached hydrogen (secondary N) is 1. The van der Waals surface area contributed by atoms with Gasteiger partial charge in [0.25, 0.3) is 0 Å². The van der Waals surface area contributed by atoms with Crippen LogP contribution in [0.4, 0.5) is 0 Å². The lowest BCUT2D eigenvalue weighted by molar-refractivity contribution is 0.105. The van der Waals surface area contributed by atoms with E-state index in [0.29, 0.717) is 6.04 Å². The summed E-state index contributed by atoms with van der Waals surface area (Å²) in [6.45, 7) is 5.89. The van der Waals surface area contributed by atoms with Gasteiger partial charge in [0.05, 0.1) is 0 Å². The zero-order valence-corrected chi connectivity index (χ0v) is 10.7. The molecule has 0 aromatic heterocycles. The molecule has 2 heteroatoms. The van der Waals surface area contributed by atoms with Crippen LogP contribution >= 0.6 is 0 Å². The maximum atomic E-state index is 3.72. The molecular formula is C15H22N2. The molecule has 1 aromatic rings. The smallest absolute Gasteiger partial charge is 0.0481 e. The highest BCUT2D eigenvalue weighted by molar-refractivity contribution is 5.34. The molecule has 2 nitrogen and oxygen atoms in total. The van der Waals surface area contributed by atoms with Crippen LogP contribution in [0.15, 0.2) is 24.3 Å². The Bertz CT molecular complexity index is 386. The summed E-state index contributed by atoms with van der Waals surface area (Å²) in [4.78, 5) is 2.69. The van der Waals surface area contributed by atoms with Crippen LogP contribution in [0.3, 0.4) is 0 Å². The summed E-state index contributed by atoms with van der Waals surface area (Å²) in [6, 6.07) is 10.3. The van der Waals surface area contributed by atoms with E-state index in [0.717, 1.165) is 12.6 Å². The fraction of sp³-hybridized carbons (Fsp3) is 0.600. The van der Waals surface area contributed by atoms with Gasteiger partial charge in [-0.3, -0.25) is 4.90 Å². The number of aryl methyl sites for hydroxylation is 1. The van der Waals surface area contributed by atoms with E-state index in [2.05, 4.69) is 41.4 Å². The molecule has 1 fully saturated rings. The molecule has 1 aromatic carbocycles. The molecule has 0 amide bonds. The van der Waals surface area contributed by atoms with Gasteiger partial charge in [0.2, 0.25) is 0 Å². The SMILES string of the molecule is CCCN1CCN[C@H]2c3ccccc3CC[C@@H]21. The topological polar surface area (TPSA) is 15.3 Å². The van der Waals surface area contributed by atoms with Crippen LogP contribution in [-0.4, -0.2) is 30.6 Å². The first-order valence-electron chi connectivity index (χ1n) is 6.95. The van der Waals surface area contributed by atoms with Gasteiger partial charge in [-0.05, 0) is 36.9 Å². The van der Waals surface area contributed by atoms with E-state index in [4.69, 9.17) is 0 Å². The Hall–Kier alpha value is -0.860. The Kier molecular flexibility index (Phi) is 3.17. The Morgan fingerprint density at radius 3 is 3.12 bits per heavy atom. The van der Waals surface area contributed by atoms with E-state index in [1.807, 2.05) is 0 Å². The summed E-state index contributed by atoms with van der Waals surface area (Å²) in [5.74, 6) is 0. The van der Waals surface area contributed by atoms with Gasteiger partial charge in [-0.1, -0.05) is 31.2 Å². The van der Waals surface area contributed by atoms with Gasteiger partial charge in [0.1, 0.15) is 0 Å². The first-order valence-corrected chi connectivity index (χ1v) is 6.95. The zero-order valence-electron chi connectivity index (χ0n) is 10.7. The third-order valence-corrected chi connectivity index (χ3v) is 4.23. The van der Waals surface area contributed by atoms with Gasteiger partial charge >= 0.3 is 0 Å². The summed E-state index contributed by atoms with van der Waals surface area (Å²) >= 11 is 0. The van der Waals surface area contributed by atoms with Gasteiger partial charge < -0.3 is 5.32 Å². The molecule has 0 unspecified atom stereocenters. The predicted octanol–water partition coefficient (Wildman–Crippen LogP) is 2.36. The second-order valence-electron chi connectivity index (χ2n) is 5.27. The minimum atomic E-state index is 0.570. The van der Waals surface area contributed by atoms with Crippen molar-refractivity contribution in [1.82, 2.24) is 10.2 Å². The highest BCUT2D eigenvalue weighted by Gasteiger charge is 2.35. The van der Waals surface area contributed by atoms with Gasteiger partial charge in [-0.2, -0.15) is 0 Å². The van der Waals surface area contributed by atoms with Crippen molar-refractivity contribution in [3.8, 4) is 0 Å². The number of hydrogen-bond acceptors (Lipinski definition) is 2. The second kappa shape index (κ2) is 4.79. The van der Waals surface area contributed by atoms with E-state index >= 15 is 0 Å². The number of benzene rings is 1. The standard InChI is InChI=1S/C15H22N2/c1-2-10-17-11-9-16-15-13-6-4-3-5-12(13)7-8-14(15)17/h3-6,14-16H,2,7-11H2,1H3/t14-,15-/m0/s1. The van der Waals surface area contributed by atoms with Gasteiger partial charge in [0, 0.05) is 25.2 Å². The predicted molar refractivity (Wildman–Crippen MR) is 71.2 cm³/mol. The van der Waals surface area contributed by atoms with Gasteiger partial charge in [0.15, 0.2) is 0 Å². The van der Waals surface area contributed by atoms with Crippen molar-refractivity contribution in [2.75, 3.05) is 19.6 Å². The van der Waals surface area contributed by atoms with Crippen LogP contribution in [-0.2, 0) is 6.42 Å². The van der Waals surface area contributed by atoms with Crippen LogP contribution in [0, 0.1) is 0 Å². The average molecular weight is 230 g/mol. The molecule has 2 atom stereocenters. The van der Waals surface area contributed by atoms with Crippen molar-refractivity contribution < 1.29 is 0 Å². The fourth-order valence-corrected chi connectivity index (χ4v) is 3.48. The molecule has 1 aliphatic heterocycles. The normalized spacial score (nSPS) is 28.5. The summed E-state index contributed by atoms with van der Waals surface area (Å²) in [6.07, 6.45) is 3.83. The zero-order chi connectivity index (χ0) is 11.7. The largest absolute Gasteiger partial charge is 0.307 e. The highest BCUT2D eigenvalue weighted by atomic mass is 15.2. The molecule has 0 spiro atoms. The van der Waals surface area contributed by atoms with Crippen LogP contribution in [0.2, 0.25) is 0 Å². The molecule has 1 saturated heterocycles. The molecule has 1 aliphatic carbocycles. The van der Waals surface area contributed by atoms with Crippen molar-refractivity contribution >= 4 is 0 Å². The molecule has 1 heterocycles. The first kappa shape index (κ1) is 11.2. The van der Waals surface area contributed by atoms with Crippen molar-refractivity contribution in [2.24, 2.45) is 0 Å². The monoisotopic (exact) mass is 230 g/mol. The summed E-state index contributed by atoms with van der Waals surface area (Å²) in [7, 11) is 0. The molecule has 2 aliphatic rings. The Morgan fingerprint density at radius 2 is 2.24 bits per heavy atom. The average Bonchev–Trinajstić information content (AvgIpc) is 2.39. The molecule has 17 heavy (non-hydrogen) atoms. The quantitative estimate of drug-likeness (QED) is 0.839. The number of hydrogen-bond donors (Lipinski definition) is 1. The summed E-state index contributed by atoms with van der Waals surface area (Å²) < 4.78 is 0. The van der Waals surface area contributed by atoms with E-state index in [9.17, 15) is 0 Å². The number of rotatable bonds is 2. The molecular weight excluding hydrogens is 208 g/mol. The summed E-state index contributed by atoms with van der Waals surface area (Å²) in [5, 5.41) is 3.72. The van der Waals surface area contributed by atoms with Crippen LogP contribution in [0.25, 0.3) is 0 Å². The lowest BCUT2D eigenvalue weighted by Gasteiger charge is -2.45. The van der Waals surface area contributed by atoms with Gasteiger partial charge in [-0.25, -0.2) is 0 Å². The van der Waals surface area contributed by atoms with Crippen LogP contribution in [0.5, 0.6) is 0 Å². The Labute approximate surface area is 104 Å².